The number of carbonyl (C=O) groups is 2. The van der Waals surface area contributed by atoms with Crippen LogP contribution in [0.2, 0.25) is 0 Å². The van der Waals surface area contributed by atoms with Crippen molar-refractivity contribution in [1.29, 1.82) is 0 Å². The average Bonchev–Trinajstić information content (AvgIpc) is 2.79. The Balaban J connectivity index is 2.09. The maximum absolute atomic E-state index is 13.4. The molecule has 3 rings (SSSR count). The molecule has 2 aromatic carbocycles. The molecule has 0 atom stereocenters. The van der Waals surface area contributed by atoms with Crippen molar-refractivity contribution in [1.82, 2.24) is 4.90 Å². The van der Waals surface area contributed by atoms with Gasteiger partial charge in [-0.3, -0.25) is 14.5 Å². The summed E-state index contributed by atoms with van der Waals surface area (Å²) in [4.78, 5) is 26.1. The van der Waals surface area contributed by atoms with Gasteiger partial charge in [-0.05, 0) is 42.8 Å². The molecule has 0 spiro atoms. The zero-order chi connectivity index (χ0) is 17.3. The molecule has 0 aliphatic carbocycles. The Morgan fingerprint density at radius 3 is 2.29 bits per heavy atom. The van der Waals surface area contributed by atoms with E-state index in [1.807, 2.05) is 0 Å². The van der Waals surface area contributed by atoms with E-state index in [1.54, 1.807) is 13.0 Å². The number of hydrogen-bond donors (Lipinski definition) is 1. The monoisotopic (exact) mass is 328 g/mol. The molecule has 0 radical (unpaired) electrons. The minimum Gasteiger partial charge on any atom is -0.350 e. The lowest BCUT2D eigenvalue weighted by molar-refractivity contribution is -0.136. The summed E-state index contributed by atoms with van der Waals surface area (Å²) in [6, 6.07) is 10.9. The first kappa shape index (κ1) is 15.9. The highest BCUT2D eigenvalue weighted by atomic mass is 19.1. The van der Waals surface area contributed by atoms with E-state index in [-0.39, 0.29) is 17.8 Å². The Labute approximate surface area is 137 Å². The summed E-state index contributed by atoms with van der Waals surface area (Å²) in [5, 5.41) is 2.82. The fourth-order valence-corrected chi connectivity index (χ4v) is 2.57. The van der Waals surface area contributed by atoms with Gasteiger partial charge < -0.3 is 5.32 Å². The maximum atomic E-state index is 13.4. The molecule has 0 aromatic heterocycles. The van der Waals surface area contributed by atoms with Crippen molar-refractivity contribution in [3.8, 4) is 0 Å². The number of amides is 2. The van der Waals surface area contributed by atoms with Crippen LogP contribution in [-0.2, 0) is 9.59 Å². The van der Waals surface area contributed by atoms with Crippen molar-refractivity contribution in [2.75, 3.05) is 11.9 Å². The van der Waals surface area contributed by atoms with Crippen molar-refractivity contribution in [2.24, 2.45) is 0 Å². The fourth-order valence-electron chi connectivity index (χ4n) is 2.57. The Hall–Kier alpha value is -3.02. The van der Waals surface area contributed by atoms with Gasteiger partial charge >= 0.3 is 0 Å². The summed E-state index contributed by atoms with van der Waals surface area (Å²) >= 11 is 0. The molecule has 2 aromatic rings. The zero-order valence-electron chi connectivity index (χ0n) is 12.8. The molecule has 4 nitrogen and oxygen atoms in total. The van der Waals surface area contributed by atoms with Crippen LogP contribution in [0.4, 0.5) is 14.5 Å². The van der Waals surface area contributed by atoms with Gasteiger partial charge in [-0.2, -0.15) is 0 Å². The van der Waals surface area contributed by atoms with Crippen LogP contribution < -0.4 is 5.32 Å². The SMILES string of the molecule is CCN1C(=O)C(Nc2cccc(F)c2)=C(c2ccc(F)cc2)C1=O. The van der Waals surface area contributed by atoms with Gasteiger partial charge in [0.05, 0.1) is 5.57 Å². The molecule has 1 N–H and O–H groups in total. The minimum absolute atomic E-state index is 0.0547. The van der Waals surface area contributed by atoms with Crippen LogP contribution in [0.1, 0.15) is 12.5 Å². The van der Waals surface area contributed by atoms with Crippen molar-refractivity contribution in [2.45, 2.75) is 6.92 Å². The van der Waals surface area contributed by atoms with Crippen molar-refractivity contribution in [3.05, 3.63) is 71.4 Å². The predicted octanol–water partition coefficient (Wildman–Crippen LogP) is 3.18. The molecular weight excluding hydrogens is 314 g/mol. The van der Waals surface area contributed by atoms with E-state index in [0.29, 0.717) is 11.3 Å². The van der Waals surface area contributed by atoms with Gasteiger partial charge in [0.15, 0.2) is 0 Å². The topological polar surface area (TPSA) is 49.4 Å². The van der Waals surface area contributed by atoms with Crippen LogP contribution in [0, 0.1) is 11.6 Å². The lowest BCUT2D eigenvalue weighted by Crippen LogP contribution is -2.32. The second kappa shape index (κ2) is 6.23. The highest BCUT2D eigenvalue weighted by Gasteiger charge is 2.38. The van der Waals surface area contributed by atoms with Crippen LogP contribution >= 0.6 is 0 Å². The van der Waals surface area contributed by atoms with E-state index in [0.717, 1.165) is 4.90 Å². The van der Waals surface area contributed by atoms with Crippen molar-refractivity contribution in [3.63, 3.8) is 0 Å². The first-order valence-corrected chi connectivity index (χ1v) is 7.40. The Kier molecular flexibility index (Phi) is 4.12. The molecule has 0 saturated carbocycles. The van der Waals surface area contributed by atoms with Crippen LogP contribution in [0.3, 0.4) is 0 Å². The van der Waals surface area contributed by atoms with Gasteiger partial charge in [0.1, 0.15) is 17.3 Å². The number of likely N-dealkylation sites (N-methyl/N-ethyl adjacent to an activating group) is 1. The van der Waals surface area contributed by atoms with E-state index in [4.69, 9.17) is 0 Å². The first-order chi connectivity index (χ1) is 11.5. The quantitative estimate of drug-likeness (QED) is 0.877. The Bertz CT molecular complexity index is 844. The number of benzene rings is 2. The molecule has 1 aliphatic heterocycles. The summed E-state index contributed by atoms with van der Waals surface area (Å²) in [6.07, 6.45) is 0. The number of rotatable bonds is 4. The van der Waals surface area contributed by atoms with Crippen molar-refractivity contribution < 1.29 is 18.4 Å². The number of nitrogens with zero attached hydrogens (tertiary/aromatic N) is 1. The van der Waals surface area contributed by atoms with Gasteiger partial charge in [-0.25, -0.2) is 8.78 Å². The second-order valence-corrected chi connectivity index (χ2v) is 5.25. The van der Waals surface area contributed by atoms with Crippen LogP contribution in [0.15, 0.2) is 54.2 Å². The van der Waals surface area contributed by atoms with E-state index in [9.17, 15) is 18.4 Å². The number of imide groups is 1. The largest absolute Gasteiger partial charge is 0.350 e. The summed E-state index contributed by atoms with van der Waals surface area (Å²) in [6.45, 7) is 1.89. The lowest BCUT2D eigenvalue weighted by Gasteiger charge is -2.12. The number of nitrogens with one attached hydrogen (secondary N) is 1. The number of carbonyl (C=O) groups excluding carboxylic acids is 2. The molecule has 0 unspecified atom stereocenters. The standard InChI is InChI=1S/C18H14F2N2O2/c1-2-22-17(23)15(11-6-8-12(19)9-7-11)16(18(22)24)21-14-5-3-4-13(20)10-14/h3-10,21H,2H2,1H3. The minimum atomic E-state index is -0.494. The summed E-state index contributed by atoms with van der Waals surface area (Å²) < 4.78 is 26.5. The molecular formula is C18H14F2N2O2. The highest BCUT2D eigenvalue weighted by Crippen LogP contribution is 2.30. The van der Waals surface area contributed by atoms with Gasteiger partial charge in [0.2, 0.25) is 0 Å². The summed E-state index contributed by atoms with van der Waals surface area (Å²) in [5.41, 5.74) is 0.971. The van der Waals surface area contributed by atoms with Crippen molar-refractivity contribution >= 4 is 23.1 Å². The van der Waals surface area contributed by atoms with E-state index in [1.165, 1.54) is 42.5 Å². The molecule has 6 heteroatoms. The van der Waals surface area contributed by atoms with Gasteiger partial charge in [-0.1, -0.05) is 18.2 Å². The van der Waals surface area contributed by atoms with Gasteiger partial charge in [0.25, 0.3) is 11.8 Å². The van der Waals surface area contributed by atoms with E-state index >= 15 is 0 Å². The zero-order valence-corrected chi connectivity index (χ0v) is 12.8. The molecule has 0 fully saturated rings. The van der Waals surface area contributed by atoms with E-state index < -0.39 is 23.4 Å². The van der Waals surface area contributed by atoms with Crippen LogP contribution in [-0.4, -0.2) is 23.3 Å². The second-order valence-electron chi connectivity index (χ2n) is 5.25. The van der Waals surface area contributed by atoms with Gasteiger partial charge in [0, 0.05) is 12.2 Å². The summed E-state index contributed by atoms with van der Waals surface area (Å²) in [5.74, 6) is -1.87. The molecule has 122 valence electrons. The Morgan fingerprint density at radius 2 is 1.67 bits per heavy atom. The van der Waals surface area contributed by atoms with E-state index in [2.05, 4.69) is 5.32 Å². The third-order valence-electron chi connectivity index (χ3n) is 3.71. The normalized spacial score (nSPS) is 14.5. The molecule has 1 heterocycles. The molecule has 0 bridgehead atoms. The smallest absolute Gasteiger partial charge is 0.278 e. The maximum Gasteiger partial charge on any atom is 0.278 e. The third-order valence-corrected chi connectivity index (χ3v) is 3.71. The van der Waals surface area contributed by atoms with Gasteiger partial charge in [-0.15, -0.1) is 0 Å². The first-order valence-electron chi connectivity index (χ1n) is 7.40. The Morgan fingerprint density at radius 1 is 0.958 bits per heavy atom. The highest BCUT2D eigenvalue weighted by molar-refractivity contribution is 6.36. The molecule has 24 heavy (non-hydrogen) atoms. The van der Waals surface area contributed by atoms with Crippen LogP contribution in [0.25, 0.3) is 5.57 Å². The number of hydrogen-bond acceptors (Lipinski definition) is 3. The average molecular weight is 328 g/mol. The molecule has 0 saturated heterocycles. The molecule has 2 amide bonds. The lowest BCUT2D eigenvalue weighted by atomic mass is 10.0. The molecule has 1 aliphatic rings. The predicted molar refractivity (Wildman–Crippen MR) is 85.7 cm³/mol. The third kappa shape index (κ3) is 2.78. The number of halogens is 2. The number of anilines is 1. The fraction of sp³-hybridized carbons (Fsp3) is 0.111. The summed E-state index contributed by atoms with van der Waals surface area (Å²) in [7, 11) is 0. The van der Waals surface area contributed by atoms with Crippen LogP contribution in [0.5, 0.6) is 0 Å².